The average molecular weight is 260 g/mol. The zero-order valence-electron chi connectivity index (χ0n) is 10.7. The van der Waals surface area contributed by atoms with Gasteiger partial charge in [-0.2, -0.15) is 5.10 Å². The molecule has 0 atom stereocenters. The number of para-hydroxylation sites is 1. The Bertz CT molecular complexity index is 578. The van der Waals surface area contributed by atoms with Crippen molar-refractivity contribution in [3.63, 3.8) is 0 Å². The van der Waals surface area contributed by atoms with E-state index in [4.69, 9.17) is 15.7 Å². The molecule has 6 heteroatoms. The normalized spacial score (nSPS) is 11.5. The lowest BCUT2D eigenvalue weighted by Gasteiger charge is -2.10. The highest BCUT2D eigenvalue weighted by Gasteiger charge is 2.07. The van der Waals surface area contributed by atoms with Gasteiger partial charge < -0.3 is 15.7 Å². The number of aromatic nitrogens is 2. The van der Waals surface area contributed by atoms with Crippen LogP contribution in [-0.2, 0) is 13.5 Å². The molecule has 0 bridgehead atoms. The van der Waals surface area contributed by atoms with E-state index in [1.165, 1.54) is 0 Å². The number of nitrogens with zero attached hydrogens (tertiary/aromatic N) is 3. The first-order chi connectivity index (χ1) is 9.22. The summed E-state index contributed by atoms with van der Waals surface area (Å²) in [7, 11) is 1.89. The van der Waals surface area contributed by atoms with E-state index in [9.17, 15) is 0 Å². The number of aryl methyl sites for hydroxylation is 1. The second kappa shape index (κ2) is 5.90. The second-order valence-electron chi connectivity index (χ2n) is 4.03. The number of ether oxygens (including phenoxy) is 1. The number of benzene rings is 1. The van der Waals surface area contributed by atoms with Crippen LogP contribution in [0, 0.1) is 0 Å². The molecule has 0 aliphatic carbocycles. The van der Waals surface area contributed by atoms with Crippen molar-refractivity contribution in [1.82, 2.24) is 9.78 Å². The van der Waals surface area contributed by atoms with E-state index in [-0.39, 0.29) is 5.84 Å². The van der Waals surface area contributed by atoms with Crippen LogP contribution in [0.1, 0.15) is 11.3 Å². The summed E-state index contributed by atoms with van der Waals surface area (Å²) in [4.78, 5) is 0. The molecule has 0 amide bonds. The van der Waals surface area contributed by atoms with Gasteiger partial charge in [-0.15, -0.1) is 0 Å². The van der Waals surface area contributed by atoms with E-state index in [0.29, 0.717) is 17.9 Å². The molecule has 1 aromatic heterocycles. The summed E-state index contributed by atoms with van der Waals surface area (Å²) < 4.78 is 7.48. The molecule has 100 valence electrons. The van der Waals surface area contributed by atoms with E-state index < -0.39 is 0 Å². The first kappa shape index (κ1) is 12.9. The molecule has 0 radical (unpaired) electrons. The molecule has 0 saturated carbocycles. The molecule has 0 spiro atoms. The molecule has 0 fully saturated rings. The minimum absolute atomic E-state index is 0.0381. The molecule has 0 unspecified atom stereocenters. The maximum Gasteiger partial charge on any atom is 0.173 e. The van der Waals surface area contributed by atoms with Crippen molar-refractivity contribution in [2.24, 2.45) is 17.9 Å². The highest BCUT2D eigenvalue weighted by molar-refractivity contribution is 5.99. The van der Waals surface area contributed by atoms with Crippen molar-refractivity contribution in [3.8, 4) is 5.75 Å². The SMILES string of the molecule is Cn1nccc1CCOc1ccccc1/C(N)=N/O. The number of hydrogen-bond acceptors (Lipinski definition) is 4. The highest BCUT2D eigenvalue weighted by atomic mass is 16.5. The van der Waals surface area contributed by atoms with Gasteiger partial charge in [-0.1, -0.05) is 17.3 Å². The van der Waals surface area contributed by atoms with Gasteiger partial charge in [-0.3, -0.25) is 4.68 Å². The van der Waals surface area contributed by atoms with Gasteiger partial charge in [0.1, 0.15) is 5.75 Å². The Morgan fingerprint density at radius 2 is 2.21 bits per heavy atom. The lowest BCUT2D eigenvalue weighted by molar-refractivity contribution is 0.312. The fourth-order valence-corrected chi connectivity index (χ4v) is 1.77. The van der Waals surface area contributed by atoms with Gasteiger partial charge in [-0.05, 0) is 18.2 Å². The quantitative estimate of drug-likeness (QED) is 0.365. The molecule has 2 aromatic rings. The standard InChI is InChI=1S/C13H16N4O2/c1-17-10(6-8-15-17)7-9-19-12-5-3-2-4-11(12)13(14)16-18/h2-6,8,18H,7,9H2,1H3,(H2,14,16). The fraction of sp³-hybridized carbons (Fsp3) is 0.231. The molecule has 1 aromatic carbocycles. The van der Waals surface area contributed by atoms with Crippen molar-refractivity contribution in [2.75, 3.05) is 6.61 Å². The van der Waals surface area contributed by atoms with Crippen LogP contribution >= 0.6 is 0 Å². The predicted molar refractivity (Wildman–Crippen MR) is 71.4 cm³/mol. The van der Waals surface area contributed by atoms with E-state index in [0.717, 1.165) is 12.1 Å². The van der Waals surface area contributed by atoms with E-state index in [1.54, 1.807) is 29.1 Å². The Hall–Kier alpha value is -2.50. The van der Waals surface area contributed by atoms with Gasteiger partial charge in [0.15, 0.2) is 5.84 Å². The van der Waals surface area contributed by atoms with Crippen molar-refractivity contribution in [1.29, 1.82) is 0 Å². The molecule has 0 aliphatic heterocycles. The van der Waals surface area contributed by atoms with Gasteiger partial charge in [0.25, 0.3) is 0 Å². The Morgan fingerprint density at radius 1 is 1.42 bits per heavy atom. The predicted octanol–water partition coefficient (Wildman–Crippen LogP) is 1.14. The highest BCUT2D eigenvalue weighted by Crippen LogP contribution is 2.17. The Labute approximate surface area is 111 Å². The maximum atomic E-state index is 8.72. The number of oxime groups is 1. The van der Waals surface area contributed by atoms with Crippen LogP contribution in [0.4, 0.5) is 0 Å². The third kappa shape index (κ3) is 3.04. The van der Waals surface area contributed by atoms with E-state index >= 15 is 0 Å². The molecule has 0 saturated heterocycles. The Balaban J connectivity index is 2.02. The Morgan fingerprint density at radius 3 is 2.89 bits per heavy atom. The van der Waals surface area contributed by atoms with Crippen LogP contribution in [0.5, 0.6) is 5.75 Å². The van der Waals surface area contributed by atoms with Crippen molar-refractivity contribution in [3.05, 3.63) is 47.8 Å². The molecule has 6 nitrogen and oxygen atoms in total. The molecule has 2 rings (SSSR count). The monoisotopic (exact) mass is 260 g/mol. The smallest absolute Gasteiger partial charge is 0.173 e. The molecule has 19 heavy (non-hydrogen) atoms. The van der Waals surface area contributed by atoms with Crippen LogP contribution in [0.2, 0.25) is 0 Å². The lowest BCUT2D eigenvalue weighted by atomic mass is 10.2. The number of nitrogens with two attached hydrogens (primary N) is 1. The summed E-state index contributed by atoms with van der Waals surface area (Å²) in [6, 6.07) is 9.12. The lowest BCUT2D eigenvalue weighted by Crippen LogP contribution is -2.15. The van der Waals surface area contributed by atoms with Crippen LogP contribution in [-0.4, -0.2) is 27.4 Å². The van der Waals surface area contributed by atoms with Crippen molar-refractivity contribution in [2.45, 2.75) is 6.42 Å². The minimum atomic E-state index is 0.0381. The summed E-state index contributed by atoms with van der Waals surface area (Å²) >= 11 is 0. The van der Waals surface area contributed by atoms with Gasteiger partial charge >= 0.3 is 0 Å². The summed E-state index contributed by atoms with van der Waals surface area (Å²) in [5.41, 5.74) is 7.25. The van der Waals surface area contributed by atoms with Crippen LogP contribution in [0.15, 0.2) is 41.7 Å². The fourth-order valence-electron chi connectivity index (χ4n) is 1.77. The Kier molecular flexibility index (Phi) is 4.02. The first-order valence-electron chi connectivity index (χ1n) is 5.89. The van der Waals surface area contributed by atoms with E-state index in [1.807, 2.05) is 19.2 Å². The summed E-state index contributed by atoms with van der Waals surface area (Å²) in [5, 5.41) is 15.8. The number of amidine groups is 1. The maximum absolute atomic E-state index is 8.72. The van der Waals surface area contributed by atoms with Gasteiger partial charge in [-0.25, -0.2) is 0 Å². The molecule has 1 heterocycles. The van der Waals surface area contributed by atoms with Gasteiger partial charge in [0, 0.05) is 25.4 Å². The zero-order valence-corrected chi connectivity index (χ0v) is 10.7. The average Bonchev–Trinajstić information content (AvgIpc) is 2.84. The molecular weight excluding hydrogens is 244 g/mol. The second-order valence-corrected chi connectivity index (χ2v) is 4.03. The largest absolute Gasteiger partial charge is 0.492 e. The molecule has 0 aliphatic rings. The zero-order chi connectivity index (χ0) is 13.7. The number of rotatable bonds is 5. The van der Waals surface area contributed by atoms with Crippen LogP contribution in [0.25, 0.3) is 0 Å². The third-order valence-electron chi connectivity index (χ3n) is 2.81. The molecule has 3 N–H and O–H groups in total. The number of hydrogen-bond donors (Lipinski definition) is 2. The van der Waals surface area contributed by atoms with Gasteiger partial charge in [0.2, 0.25) is 0 Å². The first-order valence-corrected chi connectivity index (χ1v) is 5.89. The van der Waals surface area contributed by atoms with Crippen molar-refractivity contribution >= 4 is 5.84 Å². The molecular formula is C13H16N4O2. The topological polar surface area (TPSA) is 85.7 Å². The van der Waals surface area contributed by atoms with Crippen molar-refractivity contribution < 1.29 is 9.94 Å². The van der Waals surface area contributed by atoms with E-state index in [2.05, 4.69) is 10.3 Å². The minimum Gasteiger partial charge on any atom is -0.492 e. The van der Waals surface area contributed by atoms with Crippen LogP contribution in [0.3, 0.4) is 0 Å². The third-order valence-corrected chi connectivity index (χ3v) is 2.81. The summed E-state index contributed by atoms with van der Waals surface area (Å²) in [6.45, 7) is 0.495. The van der Waals surface area contributed by atoms with Crippen LogP contribution < -0.4 is 10.5 Å². The van der Waals surface area contributed by atoms with Gasteiger partial charge in [0.05, 0.1) is 12.2 Å². The summed E-state index contributed by atoms with van der Waals surface area (Å²) in [5.74, 6) is 0.635. The summed E-state index contributed by atoms with van der Waals surface area (Å²) in [6.07, 6.45) is 2.49.